The van der Waals surface area contributed by atoms with Gasteiger partial charge < -0.3 is 5.32 Å². The lowest BCUT2D eigenvalue weighted by atomic mass is 10.0. The standard InChI is InChI=1S/C17H17ClFNO/c1-11(2)14-5-3-4-6-16(14)20-17(21)9-12-7-8-13(18)10-15(12)19/h3-8,10-11H,9H2,1-2H3,(H,20,21). The van der Waals surface area contributed by atoms with Crippen LogP contribution in [0.25, 0.3) is 0 Å². The molecular formula is C17H17ClFNO. The van der Waals surface area contributed by atoms with Crippen LogP contribution in [0.15, 0.2) is 42.5 Å². The van der Waals surface area contributed by atoms with E-state index in [9.17, 15) is 9.18 Å². The van der Waals surface area contributed by atoms with Gasteiger partial charge in [-0.05, 0) is 35.2 Å². The minimum Gasteiger partial charge on any atom is -0.326 e. The van der Waals surface area contributed by atoms with E-state index in [1.807, 2.05) is 24.3 Å². The zero-order valence-corrected chi connectivity index (χ0v) is 12.7. The molecule has 0 heterocycles. The van der Waals surface area contributed by atoms with E-state index in [0.29, 0.717) is 16.5 Å². The van der Waals surface area contributed by atoms with Crippen LogP contribution in [0, 0.1) is 5.82 Å². The maximum atomic E-state index is 13.7. The molecule has 0 aliphatic carbocycles. The van der Waals surface area contributed by atoms with Gasteiger partial charge in [-0.3, -0.25) is 4.79 Å². The Morgan fingerprint density at radius 1 is 1.24 bits per heavy atom. The van der Waals surface area contributed by atoms with Crippen molar-refractivity contribution in [2.75, 3.05) is 5.32 Å². The third-order valence-corrected chi connectivity index (χ3v) is 3.46. The Morgan fingerprint density at radius 3 is 2.62 bits per heavy atom. The topological polar surface area (TPSA) is 29.1 Å². The van der Waals surface area contributed by atoms with Crippen molar-refractivity contribution in [3.05, 3.63) is 64.4 Å². The van der Waals surface area contributed by atoms with Crippen LogP contribution in [0.1, 0.15) is 30.9 Å². The molecule has 0 fully saturated rings. The molecule has 0 saturated carbocycles. The van der Waals surface area contributed by atoms with Crippen molar-refractivity contribution in [1.82, 2.24) is 0 Å². The van der Waals surface area contributed by atoms with Crippen molar-refractivity contribution >= 4 is 23.2 Å². The molecule has 4 heteroatoms. The second kappa shape index (κ2) is 6.72. The van der Waals surface area contributed by atoms with Crippen LogP contribution in [0.2, 0.25) is 5.02 Å². The predicted molar refractivity (Wildman–Crippen MR) is 84.3 cm³/mol. The van der Waals surface area contributed by atoms with E-state index < -0.39 is 5.82 Å². The first-order valence-corrected chi connectivity index (χ1v) is 7.18. The quantitative estimate of drug-likeness (QED) is 0.865. The van der Waals surface area contributed by atoms with Gasteiger partial charge in [0.15, 0.2) is 0 Å². The number of hydrogen-bond acceptors (Lipinski definition) is 1. The maximum absolute atomic E-state index is 13.7. The molecule has 2 rings (SSSR count). The van der Waals surface area contributed by atoms with Gasteiger partial charge in [0.1, 0.15) is 5.82 Å². The van der Waals surface area contributed by atoms with Crippen molar-refractivity contribution in [2.45, 2.75) is 26.2 Å². The first-order valence-electron chi connectivity index (χ1n) is 6.80. The molecule has 0 radical (unpaired) electrons. The average Bonchev–Trinajstić information content (AvgIpc) is 2.42. The molecule has 1 amide bonds. The molecule has 1 N–H and O–H groups in total. The number of carbonyl (C=O) groups is 1. The Hall–Kier alpha value is -1.87. The van der Waals surface area contributed by atoms with E-state index in [1.54, 1.807) is 6.07 Å². The van der Waals surface area contributed by atoms with E-state index >= 15 is 0 Å². The van der Waals surface area contributed by atoms with Gasteiger partial charge in [0.2, 0.25) is 5.91 Å². The highest BCUT2D eigenvalue weighted by atomic mass is 35.5. The minimum absolute atomic E-state index is 0.0184. The van der Waals surface area contributed by atoms with Gasteiger partial charge in [0.05, 0.1) is 6.42 Å². The molecule has 0 aromatic heterocycles. The number of nitrogens with one attached hydrogen (secondary N) is 1. The van der Waals surface area contributed by atoms with Crippen LogP contribution in [0.5, 0.6) is 0 Å². The molecule has 0 aliphatic heterocycles. The van der Waals surface area contributed by atoms with Crippen LogP contribution in [0.3, 0.4) is 0 Å². The molecule has 0 saturated heterocycles. The average molecular weight is 306 g/mol. The van der Waals surface area contributed by atoms with Gasteiger partial charge in [0, 0.05) is 10.7 Å². The Balaban J connectivity index is 2.12. The molecule has 0 atom stereocenters. The van der Waals surface area contributed by atoms with Gasteiger partial charge in [-0.25, -0.2) is 4.39 Å². The van der Waals surface area contributed by atoms with Gasteiger partial charge in [0.25, 0.3) is 0 Å². The van der Waals surface area contributed by atoms with Crippen molar-refractivity contribution in [3.63, 3.8) is 0 Å². The third kappa shape index (κ3) is 4.05. The summed E-state index contributed by atoms with van der Waals surface area (Å²) in [6.45, 7) is 4.12. The van der Waals surface area contributed by atoms with E-state index in [2.05, 4.69) is 19.2 Å². The summed E-state index contributed by atoms with van der Waals surface area (Å²) in [5.74, 6) is -0.409. The first kappa shape index (κ1) is 15.5. The van der Waals surface area contributed by atoms with Crippen LogP contribution in [-0.2, 0) is 11.2 Å². The predicted octanol–water partition coefficient (Wildman–Crippen LogP) is 4.78. The summed E-state index contributed by atoms with van der Waals surface area (Å²) in [5.41, 5.74) is 2.16. The number of halogens is 2. The van der Waals surface area contributed by atoms with Gasteiger partial charge >= 0.3 is 0 Å². The van der Waals surface area contributed by atoms with Gasteiger partial charge in [-0.1, -0.05) is 49.7 Å². The number of anilines is 1. The van der Waals surface area contributed by atoms with Gasteiger partial charge in [-0.2, -0.15) is 0 Å². The lowest BCUT2D eigenvalue weighted by Gasteiger charge is -2.13. The Labute approximate surface area is 128 Å². The summed E-state index contributed by atoms with van der Waals surface area (Å²) >= 11 is 5.70. The molecular weight excluding hydrogens is 289 g/mol. The molecule has 0 aliphatic rings. The lowest BCUT2D eigenvalue weighted by Crippen LogP contribution is -2.16. The molecule has 2 nitrogen and oxygen atoms in total. The number of para-hydroxylation sites is 1. The fourth-order valence-electron chi connectivity index (χ4n) is 2.15. The Morgan fingerprint density at radius 2 is 1.95 bits per heavy atom. The normalized spacial score (nSPS) is 10.7. The number of hydrogen-bond donors (Lipinski definition) is 1. The maximum Gasteiger partial charge on any atom is 0.228 e. The summed E-state index contributed by atoms with van der Waals surface area (Å²) in [6.07, 6.45) is -0.0184. The van der Waals surface area contributed by atoms with Crippen molar-refractivity contribution in [2.24, 2.45) is 0 Å². The molecule has 0 spiro atoms. The Bertz CT molecular complexity index is 655. The van der Waals surface area contributed by atoms with Crippen molar-refractivity contribution < 1.29 is 9.18 Å². The fraction of sp³-hybridized carbons (Fsp3) is 0.235. The minimum atomic E-state index is -0.463. The largest absolute Gasteiger partial charge is 0.326 e. The van der Waals surface area contributed by atoms with Crippen LogP contribution < -0.4 is 5.32 Å². The summed E-state index contributed by atoms with van der Waals surface area (Å²) in [4.78, 5) is 12.1. The van der Waals surface area contributed by atoms with E-state index in [-0.39, 0.29) is 12.3 Å². The van der Waals surface area contributed by atoms with Gasteiger partial charge in [-0.15, -0.1) is 0 Å². The molecule has 110 valence electrons. The monoisotopic (exact) mass is 305 g/mol. The molecule has 0 unspecified atom stereocenters. The van der Waals surface area contributed by atoms with E-state index in [1.165, 1.54) is 12.1 Å². The Kier molecular flexibility index (Phi) is 4.97. The highest BCUT2D eigenvalue weighted by Gasteiger charge is 2.12. The number of carbonyl (C=O) groups excluding carboxylic acids is 1. The number of benzene rings is 2. The van der Waals surface area contributed by atoms with Crippen molar-refractivity contribution in [1.29, 1.82) is 0 Å². The number of amides is 1. The first-order chi connectivity index (χ1) is 9.97. The molecule has 0 bridgehead atoms. The zero-order valence-electron chi connectivity index (χ0n) is 12.0. The summed E-state index contributed by atoms with van der Waals surface area (Å²) < 4.78 is 13.7. The summed E-state index contributed by atoms with van der Waals surface area (Å²) in [6, 6.07) is 12.0. The van der Waals surface area contributed by atoms with Crippen molar-refractivity contribution in [3.8, 4) is 0 Å². The SMILES string of the molecule is CC(C)c1ccccc1NC(=O)Cc1ccc(Cl)cc1F. The van der Waals surface area contributed by atoms with E-state index in [0.717, 1.165) is 11.3 Å². The summed E-state index contributed by atoms with van der Waals surface area (Å²) in [7, 11) is 0. The third-order valence-electron chi connectivity index (χ3n) is 3.22. The smallest absolute Gasteiger partial charge is 0.228 e. The number of rotatable bonds is 4. The zero-order chi connectivity index (χ0) is 15.4. The molecule has 2 aromatic carbocycles. The van der Waals surface area contributed by atoms with E-state index in [4.69, 9.17) is 11.6 Å². The lowest BCUT2D eigenvalue weighted by molar-refractivity contribution is -0.115. The molecule has 2 aromatic rings. The highest BCUT2D eigenvalue weighted by molar-refractivity contribution is 6.30. The molecule has 21 heavy (non-hydrogen) atoms. The second-order valence-electron chi connectivity index (χ2n) is 5.20. The van der Waals surface area contributed by atoms with Crippen LogP contribution in [-0.4, -0.2) is 5.91 Å². The fourth-order valence-corrected chi connectivity index (χ4v) is 2.31. The van der Waals surface area contributed by atoms with Crippen LogP contribution in [0.4, 0.5) is 10.1 Å². The van der Waals surface area contributed by atoms with Crippen LogP contribution >= 0.6 is 11.6 Å². The summed E-state index contributed by atoms with van der Waals surface area (Å²) in [5, 5.41) is 3.16. The second-order valence-corrected chi connectivity index (χ2v) is 5.64. The highest BCUT2D eigenvalue weighted by Crippen LogP contribution is 2.24.